The van der Waals surface area contributed by atoms with Gasteiger partial charge >= 0.3 is 0 Å². The zero-order valence-electron chi connectivity index (χ0n) is 15.7. The standard InChI is InChI=1S/C20H25N5O3/c21-11-15(10-14-4-7-23-18(14)26)24-19(27)16(9-12-1-2-12)25-8-5-13-3-6-22-17(13)20(25)28/h3,6,12,14-16,22H,1-2,4-5,7-10H2,(H,23,26)(H,24,27). The highest BCUT2D eigenvalue weighted by molar-refractivity contribution is 5.98. The zero-order chi connectivity index (χ0) is 19.7. The van der Waals surface area contributed by atoms with Gasteiger partial charge in [-0.15, -0.1) is 0 Å². The van der Waals surface area contributed by atoms with Crippen LogP contribution in [0.3, 0.4) is 0 Å². The van der Waals surface area contributed by atoms with Gasteiger partial charge in [0.2, 0.25) is 11.8 Å². The molecule has 3 N–H and O–H groups in total. The van der Waals surface area contributed by atoms with Crippen LogP contribution in [0.25, 0.3) is 0 Å². The van der Waals surface area contributed by atoms with Crippen molar-refractivity contribution in [3.8, 4) is 6.07 Å². The van der Waals surface area contributed by atoms with E-state index in [0.717, 1.165) is 18.4 Å². The number of aromatic nitrogens is 1. The lowest BCUT2D eigenvalue weighted by molar-refractivity contribution is -0.127. The lowest BCUT2D eigenvalue weighted by Crippen LogP contribution is -2.54. The van der Waals surface area contributed by atoms with Crippen LogP contribution < -0.4 is 10.6 Å². The summed E-state index contributed by atoms with van der Waals surface area (Å²) in [6.07, 6.45) is 6.21. The third kappa shape index (κ3) is 3.75. The molecule has 0 bridgehead atoms. The quantitative estimate of drug-likeness (QED) is 0.643. The fourth-order valence-corrected chi connectivity index (χ4v) is 4.20. The number of amides is 3. The molecule has 28 heavy (non-hydrogen) atoms. The average molecular weight is 383 g/mol. The maximum absolute atomic E-state index is 13.1. The first-order valence-corrected chi connectivity index (χ1v) is 10.0. The van der Waals surface area contributed by atoms with Gasteiger partial charge in [0.15, 0.2) is 0 Å². The van der Waals surface area contributed by atoms with Crippen LogP contribution >= 0.6 is 0 Å². The van der Waals surface area contributed by atoms with Crippen molar-refractivity contribution in [1.29, 1.82) is 5.26 Å². The van der Waals surface area contributed by atoms with E-state index in [9.17, 15) is 19.6 Å². The normalized spacial score (nSPS) is 23.5. The Morgan fingerprint density at radius 3 is 2.82 bits per heavy atom. The second-order valence-electron chi connectivity index (χ2n) is 8.02. The number of nitriles is 1. The zero-order valence-corrected chi connectivity index (χ0v) is 15.7. The Hall–Kier alpha value is -2.82. The summed E-state index contributed by atoms with van der Waals surface area (Å²) in [6.45, 7) is 1.11. The number of carbonyl (C=O) groups excluding carboxylic acids is 3. The lowest BCUT2D eigenvalue weighted by atomic mass is 9.97. The van der Waals surface area contributed by atoms with Gasteiger partial charge < -0.3 is 20.5 Å². The van der Waals surface area contributed by atoms with Crippen LogP contribution in [0, 0.1) is 23.2 Å². The van der Waals surface area contributed by atoms with E-state index in [1.807, 2.05) is 6.07 Å². The van der Waals surface area contributed by atoms with Crippen molar-refractivity contribution < 1.29 is 14.4 Å². The first kappa shape index (κ1) is 18.5. The minimum atomic E-state index is -0.732. The summed E-state index contributed by atoms with van der Waals surface area (Å²) in [7, 11) is 0. The smallest absolute Gasteiger partial charge is 0.271 e. The third-order valence-electron chi connectivity index (χ3n) is 6.02. The molecule has 3 unspecified atom stereocenters. The summed E-state index contributed by atoms with van der Waals surface area (Å²) >= 11 is 0. The van der Waals surface area contributed by atoms with Crippen LogP contribution in [-0.2, 0) is 16.0 Å². The molecule has 148 valence electrons. The van der Waals surface area contributed by atoms with Crippen molar-refractivity contribution in [3.05, 3.63) is 23.5 Å². The number of carbonyl (C=O) groups is 3. The van der Waals surface area contributed by atoms with Gasteiger partial charge in [0, 0.05) is 25.2 Å². The van der Waals surface area contributed by atoms with Crippen LogP contribution in [0.4, 0.5) is 0 Å². The molecule has 1 aromatic rings. The predicted molar refractivity (Wildman–Crippen MR) is 99.9 cm³/mol. The highest BCUT2D eigenvalue weighted by Gasteiger charge is 2.39. The number of H-pyrrole nitrogens is 1. The van der Waals surface area contributed by atoms with Crippen molar-refractivity contribution >= 4 is 17.7 Å². The molecule has 3 aliphatic rings. The number of hydrogen-bond donors (Lipinski definition) is 3. The maximum Gasteiger partial charge on any atom is 0.271 e. The Labute approximate surface area is 163 Å². The highest BCUT2D eigenvalue weighted by atomic mass is 16.2. The van der Waals surface area contributed by atoms with E-state index < -0.39 is 12.1 Å². The fourth-order valence-electron chi connectivity index (χ4n) is 4.20. The first-order valence-electron chi connectivity index (χ1n) is 10.0. The molecule has 1 aliphatic carbocycles. The largest absolute Gasteiger partial charge is 0.357 e. The second kappa shape index (κ2) is 7.66. The molecule has 0 radical (unpaired) electrons. The van der Waals surface area contributed by atoms with E-state index in [1.165, 1.54) is 0 Å². The molecule has 3 heterocycles. The lowest BCUT2D eigenvalue weighted by Gasteiger charge is -2.34. The van der Waals surface area contributed by atoms with Crippen LogP contribution in [0.15, 0.2) is 12.3 Å². The van der Waals surface area contributed by atoms with Crippen LogP contribution in [-0.4, -0.2) is 52.8 Å². The molecule has 2 fully saturated rings. The molecule has 3 amide bonds. The van der Waals surface area contributed by atoms with Gasteiger partial charge in [0.1, 0.15) is 17.8 Å². The Balaban J connectivity index is 1.46. The Kier molecular flexibility index (Phi) is 5.07. The van der Waals surface area contributed by atoms with Crippen molar-refractivity contribution in [1.82, 2.24) is 20.5 Å². The second-order valence-corrected chi connectivity index (χ2v) is 8.02. The highest BCUT2D eigenvalue weighted by Crippen LogP contribution is 2.35. The van der Waals surface area contributed by atoms with E-state index in [-0.39, 0.29) is 23.6 Å². The number of nitrogens with zero attached hydrogens (tertiary/aromatic N) is 2. The van der Waals surface area contributed by atoms with Gasteiger partial charge in [-0.1, -0.05) is 12.8 Å². The monoisotopic (exact) mass is 383 g/mol. The van der Waals surface area contributed by atoms with Crippen LogP contribution in [0.5, 0.6) is 0 Å². The van der Waals surface area contributed by atoms with Crippen molar-refractivity contribution in [2.75, 3.05) is 13.1 Å². The summed E-state index contributed by atoms with van der Waals surface area (Å²) in [5.74, 6) is -0.301. The summed E-state index contributed by atoms with van der Waals surface area (Å²) < 4.78 is 0. The van der Waals surface area contributed by atoms with Gasteiger partial charge in [-0.05, 0) is 43.2 Å². The van der Waals surface area contributed by atoms with Gasteiger partial charge in [0.05, 0.1) is 6.07 Å². The Morgan fingerprint density at radius 1 is 1.32 bits per heavy atom. The molecule has 2 aliphatic heterocycles. The van der Waals surface area contributed by atoms with Crippen LogP contribution in [0.1, 0.15) is 48.2 Å². The maximum atomic E-state index is 13.1. The Morgan fingerprint density at radius 2 is 2.14 bits per heavy atom. The van der Waals surface area contributed by atoms with E-state index in [4.69, 9.17) is 0 Å². The topological polar surface area (TPSA) is 118 Å². The van der Waals surface area contributed by atoms with Crippen molar-refractivity contribution in [3.63, 3.8) is 0 Å². The van der Waals surface area contributed by atoms with E-state index >= 15 is 0 Å². The van der Waals surface area contributed by atoms with Gasteiger partial charge in [-0.25, -0.2) is 0 Å². The minimum absolute atomic E-state index is 0.0606. The molecule has 8 heteroatoms. The number of nitrogens with one attached hydrogen (secondary N) is 3. The SMILES string of the molecule is N#CC(CC1CCNC1=O)NC(=O)C(CC1CC1)N1CCc2cc[nH]c2C1=O. The Bertz CT molecular complexity index is 822. The van der Waals surface area contributed by atoms with Gasteiger partial charge in [-0.3, -0.25) is 14.4 Å². The molecule has 4 rings (SSSR count). The molecule has 0 spiro atoms. The minimum Gasteiger partial charge on any atom is -0.357 e. The third-order valence-corrected chi connectivity index (χ3v) is 6.02. The number of rotatable bonds is 7. The first-order chi connectivity index (χ1) is 13.6. The number of fused-ring (bicyclic) bond motifs is 1. The number of aromatic amines is 1. The van der Waals surface area contributed by atoms with E-state index in [2.05, 4.69) is 21.7 Å². The molecule has 1 aromatic heterocycles. The predicted octanol–water partition coefficient (Wildman–Crippen LogP) is 0.716. The molecular formula is C20H25N5O3. The van der Waals surface area contributed by atoms with E-state index in [0.29, 0.717) is 50.4 Å². The number of hydrogen-bond acceptors (Lipinski definition) is 4. The molecule has 1 saturated carbocycles. The van der Waals surface area contributed by atoms with Crippen molar-refractivity contribution in [2.24, 2.45) is 11.8 Å². The van der Waals surface area contributed by atoms with Crippen molar-refractivity contribution in [2.45, 2.75) is 50.6 Å². The molecule has 8 nitrogen and oxygen atoms in total. The molecule has 1 saturated heterocycles. The van der Waals surface area contributed by atoms with Gasteiger partial charge in [-0.2, -0.15) is 5.26 Å². The fraction of sp³-hybridized carbons (Fsp3) is 0.600. The summed E-state index contributed by atoms with van der Waals surface area (Å²) in [4.78, 5) is 42.4. The van der Waals surface area contributed by atoms with Gasteiger partial charge in [0.25, 0.3) is 5.91 Å². The van der Waals surface area contributed by atoms with E-state index in [1.54, 1.807) is 11.1 Å². The molecular weight excluding hydrogens is 358 g/mol. The summed E-state index contributed by atoms with van der Waals surface area (Å²) in [5, 5.41) is 15.0. The van der Waals surface area contributed by atoms with Crippen LogP contribution in [0.2, 0.25) is 0 Å². The summed E-state index contributed by atoms with van der Waals surface area (Å²) in [6, 6.07) is 2.70. The average Bonchev–Trinajstić information content (AvgIpc) is 3.21. The summed E-state index contributed by atoms with van der Waals surface area (Å²) in [5.41, 5.74) is 1.54. The molecule has 0 aromatic carbocycles. The molecule has 3 atom stereocenters.